The van der Waals surface area contributed by atoms with E-state index in [0.29, 0.717) is 5.75 Å². The van der Waals surface area contributed by atoms with Gasteiger partial charge >= 0.3 is 10.1 Å². The Labute approximate surface area is 213 Å². The van der Waals surface area contributed by atoms with E-state index in [-0.39, 0.29) is 40.0 Å². The van der Waals surface area contributed by atoms with E-state index in [1.54, 1.807) is 42.5 Å². The average molecular weight is 526 g/mol. The second kappa shape index (κ2) is 10.9. The second-order valence-electron chi connectivity index (χ2n) is 7.72. The Morgan fingerprint density at radius 1 is 0.944 bits per heavy atom. The third kappa shape index (κ3) is 5.72. The zero-order valence-corrected chi connectivity index (χ0v) is 21.2. The molecule has 0 aliphatic carbocycles. The number of carbonyl (C=O) groups is 2. The third-order valence-electron chi connectivity index (χ3n) is 5.22. The summed E-state index contributed by atoms with van der Waals surface area (Å²) < 4.78 is 42.2. The quantitative estimate of drug-likeness (QED) is 0.288. The van der Waals surface area contributed by atoms with E-state index in [0.717, 1.165) is 22.2 Å². The van der Waals surface area contributed by atoms with Crippen molar-refractivity contribution < 1.29 is 31.7 Å². The van der Waals surface area contributed by atoms with Crippen LogP contribution in [0.4, 0.5) is 4.79 Å². The van der Waals surface area contributed by atoms with Gasteiger partial charge in [-0.1, -0.05) is 48.0 Å². The molecule has 3 aromatic rings. The number of benzene rings is 3. The van der Waals surface area contributed by atoms with E-state index in [1.165, 1.54) is 25.3 Å². The highest BCUT2D eigenvalue weighted by atomic mass is 32.2. The molecule has 1 aliphatic heterocycles. The lowest BCUT2D eigenvalue weighted by Crippen LogP contribution is -2.32. The standard InChI is InChI=1S/C26H23NO7S2/c1-18-11-13-21(14-12-18)36(30,31)34-24-19(7-6-10-22(24)32-2)17-23-25(28)27(26(29)35-23)15-16-33-20-8-4-3-5-9-20/h3-14,17H,15-16H2,1-2H3/b23-17-. The topological polar surface area (TPSA) is 99.2 Å². The molecule has 186 valence electrons. The number of rotatable bonds is 9. The average Bonchev–Trinajstić information content (AvgIpc) is 3.13. The van der Waals surface area contributed by atoms with Gasteiger partial charge < -0.3 is 13.7 Å². The predicted octanol–water partition coefficient (Wildman–Crippen LogP) is 4.89. The molecule has 1 saturated heterocycles. The summed E-state index contributed by atoms with van der Waals surface area (Å²) in [4.78, 5) is 26.6. The molecule has 0 saturated carbocycles. The molecule has 36 heavy (non-hydrogen) atoms. The Morgan fingerprint density at radius 3 is 2.36 bits per heavy atom. The van der Waals surface area contributed by atoms with Crippen LogP contribution in [0.25, 0.3) is 6.08 Å². The van der Waals surface area contributed by atoms with Crippen molar-refractivity contribution in [2.24, 2.45) is 0 Å². The van der Waals surface area contributed by atoms with Gasteiger partial charge in [0.15, 0.2) is 11.5 Å². The molecule has 1 fully saturated rings. The monoisotopic (exact) mass is 525 g/mol. The highest BCUT2D eigenvalue weighted by Gasteiger charge is 2.35. The number of hydrogen-bond donors (Lipinski definition) is 0. The Balaban J connectivity index is 1.56. The molecule has 0 bridgehead atoms. The zero-order valence-electron chi connectivity index (χ0n) is 19.5. The highest BCUT2D eigenvalue weighted by molar-refractivity contribution is 8.18. The maximum atomic E-state index is 12.9. The van der Waals surface area contributed by atoms with E-state index in [9.17, 15) is 18.0 Å². The minimum atomic E-state index is -4.19. The number of amides is 2. The van der Waals surface area contributed by atoms with Gasteiger partial charge in [-0.15, -0.1) is 0 Å². The molecule has 10 heteroatoms. The molecule has 0 radical (unpaired) electrons. The summed E-state index contributed by atoms with van der Waals surface area (Å²) >= 11 is 0.758. The molecule has 0 atom stereocenters. The van der Waals surface area contributed by atoms with Gasteiger partial charge in [0.25, 0.3) is 11.1 Å². The summed E-state index contributed by atoms with van der Waals surface area (Å²) in [7, 11) is -2.81. The van der Waals surface area contributed by atoms with Crippen LogP contribution >= 0.6 is 11.8 Å². The van der Waals surface area contributed by atoms with Crippen molar-refractivity contribution in [3.8, 4) is 17.2 Å². The molecule has 0 spiro atoms. The van der Waals surface area contributed by atoms with Crippen LogP contribution in [0.3, 0.4) is 0 Å². The van der Waals surface area contributed by atoms with Crippen LogP contribution in [-0.4, -0.2) is 44.7 Å². The number of thioether (sulfide) groups is 1. The fourth-order valence-electron chi connectivity index (χ4n) is 3.36. The predicted molar refractivity (Wildman–Crippen MR) is 137 cm³/mol. The van der Waals surface area contributed by atoms with E-state index in [2.05, 4.69) is 0 Å². The lowest BCUT2D eigenvalue weighted by Gasteiger charge is -2.14. The van der Waals surface area contributed by atoms with Crippen molar-refractivity contribution in [1.29, 1.82) is 0 Å². The van der Waals surface area contributed by atoms with Crippen molar-refractivity contribution in [2.75, 3.05) is 20.3 Å². The fourth-order valence-corrected chi connectivity index (χ4v) is 5.18. The molecule has 0 aromatic heterocycles. The Hall–Kier alpha value is -3.76. The Kier molecular flexibility index (Phi) is 7.66. The summed E-state index contributed by atoms with van der Waals surface area (Å²) in [6.45, 7) is 2.05. The SMILES string of the molecule is COc1cccc(/C=C2\SC(=O)N(CCOc3ccccc3)C2=O)c1OS(=O)(=O)c1ccc(C)cc1. The van der Waals surface area contributed by atoms with Crippen molar-refractivity contribution in [2.45, 2.75) is 11.8 Å². The molecule has 4 rings (SSSR count). The molecular weight excluding hydrogens is 502 g/mol. The number of methoxy groups -OCH3 is 1. The summed E-state index contributed by atoms with van der Waals surface area (Å²) in [5.74, 6) is 0.208. The first-order chi connectivity index (χ1) is 17.3. The summed E-state index contributed by atoms with van der Waals surface area (Å²) in [5, 5.41) is -0.444. The second-order valence-corrected chi connectivity index (χ2v) is 10.3. The largest absolute Gasteiger partial charge is 0.493 e. The lowest BCUT2D eigenvalue weighted by atomic mass is 10.1. The molecule has 3 aromatic carbocycles. The van der Waals surface area contributed by atoms with E-state index >= 15 is 0 Å². The maximum absolute atomic E-state index is 12.9. The third-order valence-corrected chi connectivity index (χ3v) is 7.36. The number of carbonyl (C=O) groups excluding carboxylic acids is 2. The number of hydrogen-bond acceptors (Lipinski definition) is 8. The zero-order chi connectivity index (χ0) is 25.7. The van der Waals surface area contributed by atoms with Gasteiger partial charge in [0.05, 0.1) is 18.6 Å². The van der Waals surface area contributed by atoms with Crippen molar-refractivity contribution in [1.82, 2.24) is 4.90 Å². The molecule has 2 amide bonds. The molecule has 8 nitrogen and oxygen atoms in total. The van der Waals surface area contributed by atoms with Crippen molar-refractivity contribution in [3.05, 3.63) is 88.8 Å². The number of para-hydroxylation sites is 2. The number of ether oxygens (including phenoxy) is 2. The molecule has 1 aliphatic rings. The maximum Gasteiger partial charge on any atom is 0.339 e. The van der Waals surface area contributed by atoms with E-state index in [4.69, 9.17) is 13.7 Å². The first-order valence-corrected chi connectivity index (χ1v) is 13.1. The van der Waals surface area contributed by atoms with Crippen molar-refractivity contribution >= 4 is 39.1 Å². The highest BCUT2D eigenvalue weighted by Crippen LogP contribution is 2.38. The Bertz CT molecular complexity index is 1400. The van der Waals surface area contributed by atoms with Crippen LogP contribution < -0.4 is 13.7 Å². The van der Waals surface area contributed by atoms with Crippen LogP contribution in [0.5, 0.6) is 17.2 Å². The van der Waals surface area contributed by atoms with Crippen LogP contribution in [0.15, 0.2) is 82.6 Å². The lowest BCUT2D eigenvalue weighted by molar-refractivity contribution is -0.123. The number of aryl methyl sites for hydroxylation is 1. The van der Waals surface area contributed by atoms with Gasteiger partial charge in [0.2, 0.25) is 0 Å². The fraction of sp³-hybridized carbons (Fsp3) is 0.154. The normalized spacial score (nSPS) is 14.8. The molecular formula is C26H23NO7S2. The van der Waals surface area contributed by atoms with Gasteiger partial charge in [-0.2, -0.15) is 8.42 Å². The molecule has 0 unspecified atom stereocenters. The Morgan fingerprint density at radius 2 is 1.67 bits per heavy atom. The van der Waals surface area contributed by atoms with Crippen molar-refractivity contribution in [3.63, 3.8) is 0 Å². The minimum absolute atomic E-state index is 0.0244. The van der Waals surface area contributed by atoms with Gasteiger partial charge in [-0.3, -0.25) is 14.5 Å². The van der Waals surface area contributed by atoms with Gasteiger partial charge in [0, 0.05) is 5.56 Å². The first-order valence-electron chi connectivity index (χ1n) is 10.9. The van der Waals surface area contributed by atoms with Gasteiger partial charge in [-0.25, -0.2) is 0 Å². The smallest absolute Gasteiger partial charge is 0.339 e. The van der Waals surface area contributed by atoms with E-state index in [1.807, 2.05) is 25.1 Å². The minimum Gasteiger partial charge on any atom is -0.493 e. The van der Waals surface area contributed by atoms with Gasteiger partial charge in [-0.05, 0) is 55.1 Å². The van der Waals surface area contributed by atoms with Crippen LogP contribution in [0.2, 0.25) is 0 Å². The van der Waals surface area contributed by atoms with Crippen LogP contribution in [0, 0.1) is 6.92 Å². The van der Waals surface area contributed by atoms with Gasteiger partial charge in [0.1, 0.15) is 17.3 Å². The van der Waals surface area contributed by atoms with Crippen LogP contribution in [0.1, 0.15) is 11.1 Å². The first kappa shape index (κ1) is 25.3. The summed E-state index contributed by atoms with van der Waals surface area (Å²) in [5.41, 5.74) is 1.17. The summed E-state index contributed by atoms with van der Waals surface area (Å²) in [6, 6.07) is 20.0. The molecule has 1 heterocycles. The number of nitrogens with zero attached hydrogens (tertiary/aromatic N) is 1. The molecule has 0 N–H and O–H groups in total. The number of imide groups is 1. The summed E-state index contributed by atoms with van der Waals surface area (Å²) in [6.07, 6.45) is 1.42. The van der Waals surface area contributed by atoms with E-state index < -0.39 is 21.3 Å². The van der Waals surface area contributed by atoms with Crippen LogP contribution in [-0.2, 0) is 14.9 Å².